The molecule has 0 bridgehead atoms. The molecule has 0 atom stereocenters. The quantitative estimate of drug-likeness (QED) is 0.376. The number of hydrazone groups is 1. The molecule has 0 spiro atoms. The van der Waals surface area contributed by atoms with Crippen molar-refractivity contribution in [3.8, 4) is 5.69 Å². The molecule has 0 saturated carbocycles. The van der Waals surface area contributed by atoms with E-state index >= 15 is 0 Å². The molecule has 2 aromatic carbocycles. The van der Waals surface area contributed by atoms with E-state index in [0.29, 0.717) is 10.8 Å². The van der Waals surface area contributed by atoms with Gasteiger partial charge in [-0.05, 0) is 74.7 Å². The van der Waals surface area contributed by atoms with Gasteiger partial charge in [-0.2, -0.15) is 5.10 Å². The van der Waals surface area contributed by atoms with Gasteiger partial charge in [0, 0.05) is 33.4 Å². The Morgan fingerprint density at radius 2 is 1.80 bits per heavy atom. The first-order chi connectivity index (χ1) is 14.3. The number of hydrogen-bond donors (Lipinski definition) is 1. The largest absolute Gasteiger partial charge is 0.318 e. The molecule has 0 aliphatic carbocycles. The summed E-state index contributed by atoms with van der Waals surface area (Å²) in [5, 5.41) is 4.87. The van der Waals surface area contributed by atoms with Gasteiger partial charge in [0.05, 0.1) is 12.0 Å². The van der Waals surface area contributed by atoms with Gasteiger partial charge in [-0.25, -0.2) is 5.43 Å². The zero-order chi connectivity index (χ0) is 21.7. The van der Waals surface area contributed by atoms with Crippen LogP contribution in [0.3, 0.4) is 0 Å². The van der Waals surface area contributed by atoms with Gasteiger partial charge in [-0.3, -0.25) is 4.79 Å². The molecule has 1 aromatic heterocycles. The maximum Gasteiger partial charge on any atom is 0.250 e. The lowest BCUT2D eigenvalue weighted by Gasteiger charge is -2.11. The summed E-state index contributed by atoms with van der Waals surface area (Å²) in [6.07, 6.45) is 1.71. The highest BCUT2D eigenvalue weighted by Gasteiger charge is 2.10. The summed E-state index contributed by atoms with van der Waals surface area (Å²) in [7, 11) is 0. The summed E-state index contributed by atoms with van der Waals surface area (Å²) in [4.78, 5) is 12.1. The molecule has 4 nitrogen and oxygen atoms in total. The smallest absolute Gasteiger partial charge is 0.250 e. The number of nitrogens with one attached hydrogen (secondary N) is 1. The number of nitrogens with zero attached hydrogens (tertiary/aromatic N) is 2. The van der Waals surface area contributed by atoms with Crippen LogP contribution < -0.4 is 5.43 Å². The summed E-state index contributed by atoms with van der Waals surface area (Å²) in [6.45, 7) is 8.37. The van der Waals surface area contributed by atoms with Crippen molar-refractivity contribution in [2.75, 3.05) is 5.75 Å². The van der Waals surface area contributed by atoms with Crippen LogP contribution in [0.4, 0.5) is 0 Å². The summed E-state index contributed by atoms with van der Waals surface area (Å²) >= 11 is 7.43. The number of hydrogen-bond acceptors (Lipinski definition) is 3. The Balaban J connectivity index is 1.57. The molecule has 0 aliphatic heterocycles. The molecule has 6 heteroatoms. The van der Waals surface area contributed by atoms with E-state index in [9.17, 15) is 4.79 Å². The molecule has 1 N–H and O–H groups in total. The van der Waals surface area contributed by atoms with Crippen molar-refractivity contribution in [3.63, 3.8) is 0 Å². The molecular formula is C24H26ClN3OS. The zero-order valence-corrected chi connectivity index (χ0v) is 19.3. The average Bonchev–Trinajstić information content (AvgIpc) is 2.99. The van der Waals surface area contributed by atoms with Crippen LogP contribution in [0.2, 0.25) is 5.02 Å². The summed E-state index contributed by atoms with van der Waals surface area (Å²) in [6, 6.07) is 16.2. The van der Waals surface area contributed by atoms with Crippen LogP contribution in [0, 0.1) is 27.7 Å². The third-order valence-corrected chi connectivity index (χ3v) is 6.28. The van der Waals surface area contributed by atoms with Gasteiger partial charge in [0.25, 0.3) is 0 Å². The molecule has 1 heterocycles. The Morgan fingerprint density at radius 1 is 1.07 bits per heavy atom. The van der Waals surface area contributed by atoms with Crippen LogP contribution in [0.1, 0.15) is 33.6 Å². The number of benzene rings is 2. The third kappa shape index (κ3) is 5.55. The number of carbonyl (C=O) groups excluding carboxylic acids is 1. The summed E-state index contributed by atoms with van der Waals surface area (Å²) in [5.74, 6) is 0.987. The molecule has 3 rings (SSSR count). The van der Waals surface area contributed by atoms with Crippen LogP contribution in [0.25, 0.3) is 5.69 Å². The van der Waals surface area contributed by atoms with Crippen LogP contribution in [-0.4, -0.2) is 22.4 Å². The molecule has 0 unspecified atom stereocenters. The van der Waals surface area contributed by atoms with E-state index in [0.717, 1.165) is 34.0 Å². The Kier molecular flexibility index (Phi) is 7.40. The van der Waals surface area contributed by atoms with E-state index in [-0.39, 0.29) is 5.91 Å². The predicted molar refractivity (Wildman–Crippen MR) is 128 cm³/mol. The lowest BCUT2D eigenvalue weighted by molar-refractivity contribution is -0.118. The Morgan fingerprint density at radius 3 is 2.50 bits per heavy atom. The van der Waals surface area contributed by atoms with E-state index in [1.807, 2.05) is 24.3 Å². The van der Waals surface area contributed by atoms with E-state index in [1.54, 1.807) is 18.0 Å². The van der Waals surface area contributed by atoms with Gasteiger partial charge in [-0.1, -0.05) is 29.8 Å². The van der Waals surface area contributed by atoms with Gasteiger partial charge in [0.2, 0.25) is 5.91 Å². The molecule has 1 amide bonds. The normalized spacial score (nSPS) is 11.2. The molecule has 0 fully saturated rings. The van der Waals surface area contributed by atoms with Crippen LogP contribution >= 0.6 is 23.4 Å². The minimum Gasteiger partial charge on any atom is -0.318 e. The molecule has 30 heavy (non-hydrogen) atoms. The Hall–Kier alpha value is -2.50. The van der Waals surface area contributed by atoms with Crippen LogP contribution in [-0.2, 0) is 10.5 Å². The number of carbonyl (C=O) groups is 1. The second-order valence-corrected chi connectivity index (χ2v) is 8.76. The minimum absolute atomic E-state index is 0.117. The maximum atomic E-state index is 12.1. The van der Waals surface area contributed by atoms with Crippen LogP contribution in [0.15, 0.2) is 53.6 Å². The SMILES string of the molecule is Cc1ccc(-n2c(C)cc(/C=N\NC(=O)CSCc3ccc(Cl)cc3)c2C)cc1C. The van der Waals surface area contributed by atoms with Crippen molar-refractivity contribution < 1.29 is 4.79 Å². The van der Waals surface area contributed by atoms with Crippen molar-refractivity contribution in [2.45, 2.75) is 33.4 Å². The highest BCUT2D eigenvalue weighted by molar-refractivity contribution is 7.99. The topological polar surface area (TPSA) is 46.4 Å². The lowest BCUT2D eigenvalue weighted by Crippen LogP contribution is -2.19. The number of aryl methyl sites for hydroxylation is 3. The van der Waals surface area contributed by atoms with E-state index in [1.165, 1.54) is 11.1 Å². The predicted octanol–water partition coefficient (Wildman–Crippen LogP) is 5.75. The van der Waals surface area contributed by atoms with Crippen molar-refractivity contribution >= 4 is 35.5 Å². The summed E-state index contributed by atoms with van der Waals surface area (Å²) < 4.78 is 2.21. The number of rotatable bonds is 7. The third-order valence-electron chi connectivity index (χ3n) is 5.03. The molecule has 156 valence electrons. The van der Waals surface area contributed by atoms with Crippen molar-refractivity contribution in [3.05, 3.63) is 87.2 Å². The monoisotopic (exact) mass is 439 g/mol. The lowest BCUT2D eigenvalue weighted by atomic mass is 10.1. The highest BCUT2D eigenvalue weighted by Crippen LogP contribution is 2.22. The zero-order valence-electron chi connectivity index (χ0n) is 17.7. The minimum atomic E-state index is -0.117. The van der Waals surface area contributed by atoms with Crippen molar-refractivity contribution in [1.82, 2.24) is 9.99 Å². The number of aromatic nitrogens is 1. The molecule has 0 saturated heterocycles. The molecule has 3 aromatic rings. The first kappa shape index (κ1) is 22.2. The standard InChI is InChI=1S/C24H26ClN3OS/c1-16-5-10-23(11-17(16)2)28-18(3)12-21(19(28)4)13-26-27-24(29)15-30-14-20-6-8-22(25)9-7-20/h5-13H,14-15H2,1-4H3,(H,27,29)/b26-13-. The first-order valence-corrected chi connectivity index (χ1v) is 11.3. The van der Waals surface area contributed by atoms with E-state index < -0.39 is 0 Å². The fourth-order valence-corrected chi connectivity index (χ4v) is 4.13. The number of amides is 1. The van der Waals surface area contributed by atoms with Gasteiger partial charge in [-0.15, -0.1) is 11.8 Å². The average molecular weight is 440 g/mol. The van der Waals surface area contributed by atoms with Gasteiger partial charge >= 0.3 is 0 Å². The van der Waals surface area contributed by atoms with Gasteiger partial charge in [0.15, 0.2) is 0 Å². The molecular weight excluding hydrogens is 414 g/mol. The molecule has 0 radical (unpaired) electrons. The maximum absolute atomic E-state index is 12.1. The van der Waals surface area contributed by atoms with Crippen LogP contribution in [0.5, 0.6) is 0 Å². The fraction of sp³-hybridized carbons (Fsp3) is 0.250. The molecule has 0 aliphatic rings. The van der Waals surface area contributed by atoms with Crippen molar-refractivity contribution in [2.24, 2.45) is 5.10 Å². The van der Waals surface area contributed by atoms with E-state index in [4.69, 9.17) is 11.6 Å². The number of halogens is 1. The van der Waals surface area contributed by atoms with Gasteiger partial charge < -0.3 is 4.57 Å². The first-order valence-electron chi connectivity index (χ1n) is 9.76. The van der Waals surface area contributed by atoms with Gasteiger partial charge in [0.1, 0.15) is 0 Å². The Bertz CT molecular complexity index is 1070. The van der Waals surface area contributed by atoms with Crippen molar-refractivity contribution in [1.29, 1.82) is 0 Å². The highest BCUT2D eigenvalue weighted by atomic mass is 35.5. The second kappa shape index (κ2) is 10.0. The second-order valence-electron chi connectivity index (χ2n) is 7.34. The Labute approximate surface area is 187 Å². The van der Waals surface area contributed by atoms with E-state index in [2.05, 4.69) is 67.1 Å². The fourth-order valence-electron chi connectivity index (χ4n) is 3.23. The number of thioether (sulfide) groups is 1. The summed E-state index contributed by atoms with van der Waals surface area (Å²) in [5.41, 5.74) is 10.6.